The average Bonchev–Trinajstić information content (AvgIpc) is 3.57. The summed E-state index contributed by atoms with van der Waals surface area (Å²) >= 11 is 0. The molecule has 1 spiro atoms. The number of nitrogens with one attached hydrogen (secondary N) is 1. The van der Waals surface area contributed by atoms with Crippen molar-refractivity contribution < 1.29 is 17.9 Å². The molecule has 2 saturated heterocycles. The Bertz CT molecular complexity index is 1190. The van der Waals surface area contributed by atoms with Crippen LogP contribution in [0.15, 0.2) is 35.4 Å². The minimum Gasteiger partial charge on any atom is -0.375 e. The number of rotatable bonds is 5. The molecule has 0 bridgehead atoms. The number of anilines is 3. The molecule has 0 radical (unpaired) electrons. The molecule has 1 saturated carbocycles. The fourth-order valence-corrected chi connectivity index (χ4v) is 5.49. The Balaban J connectivity index is 1.39. The van der Waals surface area contributed by atoms with Gasteiger partial charge in [-0.1, -0.05) is 0 Å². The molecule has 34 heavy (non-hydrogen) atoms. The molecule has 182 valence electrons. The van der Waals surface area contributed by atoms with Gasteiger partial charge < -0.3 is 19.9 Å². The third kappa shape index (κ3) is 4.88. The van der Waals surface area contributed by atoms with Gasteiger partial charge in [0.25, 0.3) is 5.91 Å². The van der Waals surface area contributed by atoms with Crippen molar-refractivity contribution in [3.8, 4) is 0 Å². The van der Waals surface area contributed by atoms with E-state index in [4.69, 9.17) is 4.74 Å². The number of nitrogens with zero attached hydrogens (tertiary/aromatic N) is 4. The van der Waals surface area contributed by atoms with E-state index in [9.17, 15) is 13.2 Å². The predicted molar refractivity (Wildman–Crippen MR) is 130 cm³/mol. The van der Waals surface area contributed by atoms with Crippen molar-refractivity contribution in [1.82, 2.24) is 9.97 Å². The van der Waals surface area contributed by atoms with Crippen molar-refractivity contribution >= 4 is 33.2 Å². The van der Waals surface area contributed by atoms with Gasteiger partial charge in [-0.2, -0.15) is 4.98 Å². The maximum absolute atomic E-state index is 13.3. The lowest BCUT2D eigenvalue weighted by molar-refractivity contribution is 0.0526. The van der Waals surface area contributed by atoms with Crippen LogP contribution in [0.1, 0.15) is 43.0 Å². The molecule has 3 heterocycles. The highest BCUT2D eigenvalue weighted by atomic mass is 32.2. The summed E-state index contributed by atoms with van der Waals surface area (Å²) in [5.74, 6) is 0.635. The first-order valence-electron chi connectivity index (χ1n) is 11.8. The lowest BCUT2D eigenvalue weighted by atomic mass is 9.93. The lowest BCUT2D eigenvalue weighted by Gasteiger charge is -2.35. The van der Waals surface area contributed by atoms with Crippen LogP contribution in [-0.2, 0) is 14.6 Å². The van der Waals surface area contributed by atoms with Crippen molar-refractivity contribution in [3.63, 3.8) is 0 Å². The van der Waals surface area contributed by atoms with Gasteiger partial charge in [-0.05, 0) is 62.3 Å². The van der Waals surface area contributed by atoms with Gasteiger partial charge in [-0.15, -0.1) is 0 Å². The van der Waals surface area contributed by atoms with Crippen LogP contribution in [-0.4, -0.2) is 69.4 Å². The van der Waals surface area contributed by atoms with E-state index in [0.717, 1.165) is 25.9 Å². The van der Waals surface area contributed by atoms with Crippen LogP contribution in [0, 0.1) is 5.41 Å². The maximum atomic E-state index is 13.3. The Kier molecular flexibility index (Phi) is 5.97. The zero-order chi connectivity index (χ0) is 23.9. The number of benzene rings is 1. The highest BCUT2D eigenvalue weighted by Crippen LogP contribution is 2.54. The summed E-state index contributed by atoms with van der Waals surface area (Å²) in [5.41, 5.74) is 1.58. The van der Waals surface area contributed by atoms with Crippen molar-refractivity contribution in [1.29, 1.82) is 0 Å². The molecule has 10 heteroatoms. The Morgan fingerprint density at radius 3 is 2.56 bits per heavy atom. The van der Waals surface area contributed by atoms with Gasteiger partial charge in [0.1, 0.15) is 5.82 Å². The average molecular weight is 486 g/mol. The molecular formula is C24H31N5O4S. The first-order chi connectivity index (χ1) is 16.2. The predicted octanol–water partition coefficient (Wildman–Crippen LogP) is 2.74. The van der Waals surface area contributed by atoms with E-state index >= 15 is 0 Å². The van der Waals surface area contributed by atoms with Crippen LogP contribution in [0.5, 0.6) is 0 Å². The van der Waals surface area contributed by atoms with Crippen molar-refractivity contribution in [2.24, 2.45) is 5.41 Å². The number of ether oxygens (including phenoxy) is 1. The highest BCUT2D eigenvalue weighted by Gasteiger charge is 2.44. The number of sulfone groups is 1. The van der Waals surface area contributed by atoms with Crippen LogP contribution in [0.4, 0.5) is 17.5 Å². The third-order valence-electron chi connectivity index (χ3n) is 7.17. The summed E-state index contributed by atoms with van der Waals surface area (Å²) in [7, 11) is -3.39. The highest BCUT2D eigenvalue weighted by molar-refractivity contribution is 7.90. The van der Waals surface area contributed by atoms with Crippen molar-refractivity contribution in [2.45, 2.75) is 43.6 Å². The number of carbonyl (C=O) groups is 1. The summed E-state index contributed by atoms with van der Waals surface area (Å²) in [6.07, 6.45) is 7.60. The second-order valence-corrected chi connectivity index (χ2v) is 11.8. The Morgan fingerprint density at radius 1 is 1.12 bits per heavy atom. The number of carbonyl (C=O) groups excluding carboxylic acids is 1. The SMILES string of the molecule is C[C@@H]1CN(c2nccc(NC(=O)c3ccc(S(C)(=O)=O)cc3N3CCC4(CC3)CC4)n2)CCO1. The number of amides is 1. The van der Waals surface area contributed by atoms with E-state index < -0.39 is 9.84 Å². The van der Waals surface area contributed by atoms with Gasteiger partial charge in [0.15, 0.2) is 9.84 Å². The summed E-state index contributed by atoms with van der Waals surface area (Å²) < 4.78 is 30.0. The van der Waals surface area contributed by atoms with Gasteiger partial charge in [0, 0.05) is 38.6 Å². The number of hydrogen-bond donors (Lipinski definition) is 1. The molecule has 2 aromatic rings. The first-order valence-corrected chi connectivity index (χ1v) is 13.7. The summed E-state index contributed by atoms with van der Waals surface area (Å²) in [5, 5.41) is 2.89. The molecule has 3 fully saturated rings. The van der Waals surface area contributed by atoms with E-state index in [-0.39, 0.29) is 16.9 Å². The Labute approximate surface area is 200 Å². The maximum Gasteiger partial charge on any atom is 0.258 e. The van der Waals surface area contributed by atoms with E-state index in [1.165, 1.54) is 25.2 Å². The molecule has 9 nitrogen and oxygen atoms in total. The molecule has 2 aliphatic heterocycles. The van der Waals surface area contributed by atoms with Crippen molar-refractivity contribution in [2.75, 3.05) is 54.2 Å². The molecular weight excluding hydrogens is 454 g/mol. The second kappa shape index (κ2) is 8.81. The smallest absolute Gasteiger partial charge is 0.258 e. The van der Waals surface area contributed by atoms with Crippen molar-refractivity contribution in [3.05, 3.63) is 36.0 Å². The monoisotopic (exact) mass is 485 g/mol. The van der Waals surface area contributed by atoms with Gasteiger partial charge in [-0.3, -0.25) is 4.79 Å². The van der Waals surface area contributed by atoms with Crippen LogP contribution in [0.25, 0.3) is 0 Å². The van der Waals surface area contributed by atoms with Gasteiger partial charge in [-0.25, -0.2) is 13.4 Å². The third-order valence-corrected chi connectivity index (χ3v) is 8.28. The molecule has 3 aliphatic rings. The zero-order valence-electron chi connectivity index (χ0n) is 19.7. The van der Waals surface area contributed by atoms with E-state index in [1.54, 1.807) is 24.4 Å². The van der Waals surface area contributed by atoms with E-state index in [2.05, 4.69) is 20.2 Å². The quantitative estimate of drug-likeness (QED) is 0.689. The zero-order valence-corrected chi connectivity index (χ0v) is 20.5. The molecule has 5 rings (SSSR count). The molecule has 0 unspecified atom stereocenters. The van der Waals surface area contributed by atoms with Gasteiger partial charge in [0.2, 0.25) is 5.95 Å². The van der Waals surface area contributed by atoms with Gasteiger partial charge in [0.05, 0.1) is 28.9 Å². The minimum atomic E-state index is -3.39. The van der Waals surface area contributed by atoms with Crippen LogP contribution in [0.2, 0.25) is 0 Å². The number of hydrogen-bond acceptors (Lipinski definition) is 8. The normalized spacial score (nSPS) is 22.0. The Hall–Kier alpha value is -2.72. The Morgan fingerprint density at radius 2 is 1.88 bits per heavy atom. The molecule has 1 atom stereocenters. The summed E-state index contributed by atoms with van der Waals surface area (Å²) in [6, 6.07) is 6.40. The molecule has 1 aromatic carbocycles. The van der Waals surface area contributed by atoms with Crippen LogP contribution < -0.4 is 15.1 Å². The number of piperidine rings is 1. The largest absolute Gasteiger partial charge is 0.375 e. The topological polar surface area (TPSA) is 105 Å². The fourth-order valence-electron chi connectivity index (χ4n) is 4.85. The van der Waals surface area contributed by atoms with E-state index in [1.807, 2.05) is 11.8 Å². The molecule has 1 aromatic heterocycles. The standard InChI is InChI=1S/C24H31N5O4S/c1-17-16-29(13-14-33-17)23-25-10-5-21(27-23)26-22(30)19-4-3-18(34(2,31)32)15-20(19)28-11-8-24(6-7-24)9-12-28/h3-5,10,15,17H,6-9,11-14,16H2,1-2H3,(H,25,26,27,30)/t17-/m1/s1. The van der Waals surface area contributed by atoms with E-state index in [0.29, 0.717) is 48.1 Å². The second-order valence-electron chi connectivity index (χ2n) is 9.76. The van der Waals surface area contributed by atoms with Gasteiger partial charge >= 0.3 is 0 Å². The molecule has 1 amide bonds. The fraction of sp³-hybridized carbons (Fsp3) is 0.542. The minimum absolute atomic E-state index is 0.0887. The summed E-state index contributed by atoms with van der Waals surface area (Å²) in [4.78, 5) is 26.6. The lowest BCUT2D eigenvalue weighted by Crippen LogP contribution is -2.42. The van der Waals surface area contributed by atoms with Crippen LogP contribution in [0.3, 0.4) is 0 Å². The number of morpholine rings is 1. The first kappa shape index (κ1) is 23.0. The molecule has 1 N–H and O–H groups in total. The number of aromatic nitrogens is 2. The van der Waals surface area contributed by atoms with Crippen LogP contribution >= 0.6 is 0 Å². The summed E-state index contributed by atoms with van der Waals surface area (Å²) in [6.45, 7) is 5.63. The molecule has 1 aliphatic carbocycles.